The van der Waals surface area contributed by atoms with Crippen molar-refractivity contribution in [3.05, 3.63) is 76.4 Å². The number of rotatable bonds is 8. The number of nitrogens with one attached hydrogen (secondary N) is 2. The second kappa shape index (κ2) is 9.29. The molecule has 1 aliphatic rings. The van der Waals surface area contributed by atoms with E-state index in [1.165, 1.54) is 12.1 Å². The number of H-pyrrole nitrogens is 1. The van der Waals surface area contributed by atoms with Gasteiger partial charge in [-0.3, -0.25) is 4.72 Å². The topological polar surface area (TPSA) is 89.7 Å². The van der Waals surface area contributed by atoms with E-state index < -0.39 is 10.0 Å². The summed E-state index contributed by atoms with van der Waals surface area (Å²) < 4.78 is 44.9. The SMILES string of the molecule is O=S(=O)(Nc1ccc(Cl)c2c(Cl)c[nH]c12)c1ccc(OCCCc2ccc3c(c2)OCO3)cc1. The van der Waals surface area contributed by atoms with Crippen LogP contribution in [0.5, 0.6) is 17.2 Å². The minimum atomic E-state index is -3.83. The Kier molecular flexibility index (Phi) is 6.20. The van der Waals surface area contributed by atoms with Gasteiger partial charge in [0.05, 0.1) is 32.8 Å². The fourth-order valence-corrected chi connectivity index (χ4v) is 5.37. The Balaban J connectivity index is 1.19. The van der Waals surface area contributed by atoms with Crippen molar-refractivity contribution >= 4 is 49.8 Å². The summed E-state index contributed by atoms with van der Waals surface area (Å²) in [5.74, 6) is 2.12. The van der Waals surface area contributed by atoms with E-state index in [-0.39, 0.29) is 11.7 Å². The van der Waals surface area contributed by atoms with Crippen molar-refractivity contribution < 1.29 is 22.6 Å². The number of anilines is 1. The number of aromatic amines is 1. The second-order valence-electron chi connectivity index (χ2n) is 7.70. The highest BCUT2D eigenvalue weighted by Gasteiger charge is 2.18. The van der Waals surface area contributed by atoms with Crippen LogP contribution in [0.1, 0.15) is 12.0 Å². The highest BCUT2D eigenvalue weighted by Crippen LogP contribution is 2.35. The fourth-order valence-electron chi connectivity index (χ4n) is 3.73. The van der Waals surface area contributed by atoms with E-state index in [0.29, 0.717) is 39.0 Å². The van der Waals surface area contributed by atoms with Crippen LogP contribution in [0.25, 0.3) is 10.9 Å². The number of aryl methyl sites for hydroxylation is 1. The van der Waals surface area contributed by atoms with E-state index in [0.717, 1.165) is 29.9 Å². The molecule has 0 amide bonds. The molecule has 4 aromatic rings. The Morgan fingerprint density at radius 2 is 1.76 bits per heavy atom. The van der Waals surface area contributed by atoms with E-state index >= 15 is 0 Å². The van der Waals surface area contributed by atoms with Crippen LogP contribution in [0.2, 0.25) is 10.0 Å². The third-order valence-electron chi connectivity index (χ3n) is 5.43. The molecule has 3 aromatic carbocycles. The average molecular weight is 519 g/mol. The van der Waals surface area contributed by atoms with Crippen LogP contribution in [0.15, 0.2) is 65.7 Å². The number of sulfonamides is 1. The fraction of sp³-hybridized carbons (Fsp3) is 0.167. The minimum absolute atomic E-state index is 0.112. The molecule has 7 nitrogen and oxygen atoms in total. The maximum atomic E-state index is 12.9. The summed E-state index contributed by atoms with van der Waals surface area (Å²) >= 11 is 12.3. The summed E-state index contributed by atoms with van der Waals surface area (Å²) in [7, 11) is -3.83. The summed E-state index contributed by atoms with van der Waals surface area (Å²) in [6.45, 7) is 0.753. The first-order chi connectivity index (χ1) is 16.4. The van der Waals surface area contributed by atoms with Gasteiger partial charge in [0.1, 0.15) is 5.75 Å². The third-order valence-corrected chi connectivity index (χ3v) is 7.42. The lowest BCUT2D eigenvalue weighted by Gasteiger charge is -2.11. The van der Waals surface area contributed by atoms with Gasteiger partial charge >= 0.3 is 0 Å². The molecule has 0 spiro atoms. The molecule has 34 heavy (non-hydrogen) atoms. The minimum Gasteiger partial charge on any atom is -0.494 e. The summed E-state index contributed by atoms with van der Waals surface area (Å²) in [4.78, 5) is 3.07. The number of aromatic nitrogens is 1. The van der Waals surface area contributed by atoms with Crippen molar-refractivity contribution in [2.45, 2.75) is 17.7 Å². The zero-order chi connectivity index (χ0) is 23.7. The summed E-state index contributed by atoms with van der Waals surface area (Å²) in [5, 5.41) is 1.42. The number of halogens is 2. The Labute approximate surface area is 206 Å². The van der Waals surface area contributed by atoms with Crippen LogP contribution < -0.4 is 18.9 Å². The average Bonchev–Trinajstić information content (AvgIpc) is 3.46. The van der Waals surface area contributed by atoms with Gasteiger partial charge in [-0.25, -0.2) is 8.42 Å². The lowest BCUT2D eigenvalue weighted by molar-refractivity contribution is 0.174. The standard InChI is InChI=1S/C24H20Cl2N2O5S/c25-18-8-9-20(24-23(18)19(26)13-27-24)28-34(29,30)17-6-4-16(5-7-17)31-11-1-2-15-3-10-21-22(12-15)33-14-32-21/h3-10,12-13,27-28H,1-2,11,14H2. The first-order valence-corrected chi connectivity index (χ1v) is 12.7. The highest BCUT2D eigenvalue weighted by atomic mass is 35.5. The maximum Gasteiger partial charge on any atom is 0.261 e. The molecule has 1 aliphatic heterocycles. The molecule has 5 rings (SSSR count). The molecule has 1 aromatic heterocycles. The quantitative estimate of drug-likeness (QED) is 0.278. The molecule has 0 saturated carbocycles. The molecule has 0 atom stereocenters. The lowest BCUT2D eigenvalue weighted by atomic mass is 10.1. The molecule has 2 N–H and O–H groups in total. The van der Waals surface area contributed by atoms with Crippen LogP contribution in [0.4, 0.5) is 5.69 Å². The Morgan fingerprint density at radius 1 is 0.971 bits per heavy atom. The molecule has 0 bridgehead atoms. The normalized spacial score (nSPS) is 12.8. The van der Waals surface area contributed by atoms with E-state index in [2.05, 4.69) is 9.71 Å². The van der Waals surface area contributed by atoms with Crippen LogP contribution in [0.3, 0.4) is 0 Å². The predicted molar refractivity (Wildman–Crippen MR) is 132 cm³/mol. The maximum absolute atomic E-state index is 12.9. The molecular weight excluding hydrogens is 499 g/mol. The monoisotopic (exact) mass is 518 g/mol. The van der Waals surface area contributed by atoms with Gasteiger partial charge in [0.25, 0.3) is 10.0 Å². The molecular formula is C24H20Cl2N2O5S. The van der Waals surface area contributed by atoms with Crippen molar-refractivity contribution in [1.82, 2.24) is 4.98 Å². The van der Waals surface area contributed by atoms with E-state index in [1.807, 2.05) is 18.2 Å². The van der Waals surface area contributed by atoms with Crippen LogP contribution in [-0.2, 0) is 16.4 Å². The van der Waals surface area contributed by atoms with Crippen molar-refractivity contribution in [3.63, 3.8) is 0 Å². The molecule has 0 radical (unpaired) electrons. The van der Waals surface area contributed by atoms with Crippen LogP contribution >= 0.6 is 23.2 Å². The van der Waals surface area contributed by atoms with Gasteiger partial charge < -0.3 is 19.2 Å². The number of benzene rings is 3. The van der Waals surface area contributed by atoms with Gasteiger partial charge in [0, 0.05) is 11.6 Å². The van der Waals surface area contributed by atoms with Crippen molar-refractivity contribution in [2.24, 2.45) is 0 Å². The highest BCUT2D eigenvalue weighted by molar-refractivity contribution is 7.92. The van der Waals surface area contributed by atoms with E-state index in [4.69, 9.17) is 37.4 Å². The number of hydrogen-bond donors (Lipinski definition) is 2. The zero-order valence-electron chi connectivity index (χ0n) is 17.8. The Bertz CT molecular complexity index is 1450. The smallest absolute Gasteiger partial charge is 0.261 e. The summed E-state index contributed by atoms with van der Waals surface area (Å²) in [5.41, 5.74) is 2.01. The van der Waals surface area contributed by atoms with E-state index in [1.54, 1.807) is 30.5 Å². The molecule has 10 heteroatoms. The van der Waals surface area contributed by atoms with Gasteiger partial charge in [-0.05, 0) is 66.9 Å². The van der Waals surface area contributed by atoms with Gasteiger partial charge in [-0.1, -0.05) is 29.3 Å². The third kappa shape index (κ3) is 4.61. The zero-order valence-corrected chi connectivity index (χ0v) is 20.1. The summed E-state index contributed by atoms with van der Waals surface area (Å²) in [6.07, 6.45) is 3.19. The van der Waals surface area contributed by atoms with Crippen molar-refractivity contribution in [2.75, 3.05) is 18.1 Å². The molecule has 0 unspecified atom stereocenters. The molecule has 0 saturated heterocycles. The predicted octanol–water partition coefficient (Wildman–Crippen LogP) is 6.02. The van der Waals surface area contributed by atoms with Crippen LogP contribution in [-0.4, -0.2) is 26.8 Å². The number of fused-ring (bicyclic) bond motifs is 2. The lowest BCUT2D eigenvalue weighted by Crippen LogP contribution is -2.13. The van der Waals surface area contributed by atoms with Gasteiger partial charge in [-0.15, -0.1) is 0 Å². The molecule has 0 fully saturated rings. The molecule has 2 heterocycles. The van der Waals surface area contributed by atoms with Crippen molar-refractivity contribution in [3.8, 4) is 17.2 Å². The largest absolute Gasteiger partial charge is 0.494 e. The van der Waals surface area contributed by atoms with E-state index in [9.17, 15) is 8.42 Å². The molecule has 176 valence electrons. The number of hydrogen-bond acceptors (Lipinski definition) is 5. The first-order valence-electron chi connectivity index (χ1n) is 10.5. The number of ether oxygens (including phenoxy) is 3. The van der Waals surface area contributed by atoms with Gasteiger partial charge in [0.15, 0.2) is 11.5 Å². The second-order valence-corrected chi connectivity index (χ2v) is 10.2. The van der Waals surface area contributed by atoms with Gasteiger partial charge in [-0.2, -0.15) is 0 Å². The van der Waals surface area contributed by atoms with Crippen molar-refractivity contribution in [1.29, 1.82) is 0 Å². The summed E-state index contributed by atoms with van der Waals surface area (Å²) in [6, 6.07) is 15.4. The molecule has 0 aliphatic carbocycles. The Morgan fingerprint density at radius 3 is 2.59 bits per heavy atom. The van der Waals surface area contributed by atoms with Gasteiger partial charge in [0.2, 0.25) is 6.79 Å². The Hall–Kier alpha value is -3.07. The first kappa shape index (κ1) is 22.7. The van der Waals surface area contributed by atoms with Crippen LogP contribution in [0, 0.1) is 0 Å².